The molecule has 23 heavy (non-hydrogen) atoms. The van der Waals surface area contributed by atoms with Gasteiger partial charge in [-0.3, -0.25) is 9.10 Å². The molecule has 1 aromatic rings. The van der Waals surface area contributed by atoms with Gasteiger partial charge in [-0.05, 0) is 49.9 Å². The Labute approximate surface area is 138 Å². The lowest BCUT2D eigenvalue weighted by molar-refractivity contribution is 0.0927. The van der Waals surface area contributed by atoms with E-state index < -0.39 is 10.0 Å². The number of carbonyl (C=O) groups excluding carboxylic acids is 1. The first-order valence-electron chi connectivity index (χ1n) is 8.29. The molecule has 5 nitrogen and oxygen atoms in total. The first-order valence-corrected chi connectivity index (χ1v) is 10.1. The molecule has 0 aromatic heterocycles. The van der Waals surface area contributed by atoms with Gasteiger partial charge >= 0.3 is 0 Å². The standard InChI is InChI=1S/C17H24N2O3S/c1-12-10-14-11-13(8-9-16(14)19(12)23(2,21)22)17(20)18-15-6-4-3-5-7-15/h8-9,11-12,15H,3-7,10H2,1-2H3,(H,18,20)/t12-/m1/s1. The summed E-state index contributed by atoms with van der Waals surface area (Å²) >= 11 is 0. The second kappa shape index (κ2) is 6.15. The Hall–Kier alpha value is -1.56. The molecule has 0 bridgehead atoms. The van der Waals surface area contributed by atoms with Crippen LogP contribution in [0.4, 0.5) is 5.69 Å². The fraction of sp³-hybridized carbons (Fsp3) is 0.588. The summed E-state index contributed by atoms with van der Waals surface area (Å²) in [4.78, 5) is 12.4. The number of nitrogens with zero attached hydrogens (tertiary/aromatic N) is 1. The Kier molecular flexibility index (Phi) is 4.36. The molecule has 1 N–H and O–H groups in total. The van der Waals surface area contributed by atoms with Crippen LogP contribution in [0.5, 0.6) is 0 Å². The maximum Gasteiger partial charge on any atom is 0.251 e. The number of nitrogens with one attached hydrogen (secondary N) is 1. The molecule has 3 rings (SSSR count). The van der Waals surface area contributed by atoms with Crippen LogP contribution in [0.15, 0.2) is 18.2 Å². The zero-order chi connectivity index (χ0) is 16.6. The summed E-state index contributed by atoms with van der Waals surface area (Å²) in [6.45, 7) is 1.89. The van der Waals surface area contributed by atoms with Crippen LogP contribution in [0, 0.1) is 0 Å². The fourth-order valence-electron chi connectivity index (χ4n) is 3.77. The van der Waals surface area contributed by atoms with Gasteiger partial charge in [0.1, 0.15) is 0 Å². The van der Waals surface area contributed by atoms with E-state index in [1.807, 2.05) is 13.0 Å². The van der Waals surface area contributed by atoms with E-state index in [9.17, 15) is 13.2 Å². The van der Waals surface area contributed by atoms with Crippen molar-refractivity contribution in [2.24, 2.45) is 0 Å². The summed E-state index contributed by atoms with van der Waals surface area (Å²) < 4.78 is 25.3. The molecule has 1 aromatic carbocycles. The van der Waals surface area contributed by atoms with Gasteiger partial charge in [0.15, 0.2) is 0 Å². The van der Waals surface area contributed by atoms with Crippen molar-refractivity contribution in [2.45, 2.75) is 57.5 Å². The molecule has 0 spiro atoms. The van der Waals surface area contributed by atoms with Crippen LogP contribution in [-0.4, -0.2) is 32.7 Å². The van der Waals surface area contributed by atoms with Gasteiger partial charge in [-0.1, -0.05) is 19.3 Å². The minimum absolute atomic E-state index is 0.0508. The molecule has 1 fully saturated rings. The summed E-state index contributed by atoms with van der Waals surface area (Å²) in [6.07, 6.45) is 7.58. The number of sulfonamides is 1. The number of anilines is 1. The third-order valence-electron chi connectivity index (χ3n) is 4.79. The van der Waals surface area contributed by atoms with Gasteiger partial charge in [-0.25, -0.2) is 8.42 Å². The minimum Gasteiger partial charge on any atom is -0.349 e. The molecule has 0 unspecified atom stereocenters. The summed E-state index contributed by atoms with van der Waals surface area (Å²) in [7, 11) is -3.29. The van der Waals surface area contributed by atoms with Crippen LogP contribution in [-0.2, 0) is 16.4 Å². The summed E-state index contributed by atoms with van der Waals surface area (Å²) in [5.41, 5.74) is 2.25. The maximum absolute atomic E-state index is 12.4. The number of carbonyl (C=O) groups is 1. The summed E-state index contributed by atoms with van der Waals surface area (Å²) in [5.74, 6) is -0.0508. The lowest BCUT2D eigenvalue weighted by Gasteiger charge is -2.23. The van der Waals surface area contributed by atoms with Crippen molar-refractivity contribution >= 4 is 21.6 Å². The lowest BCUT2D eigenvalue weighted by atomic mass is 9.95. The Morgan fingerprint density at radius 3 is 2.57 bits per heavy atom. The van der Waals surface area contributed by atoms with E-state index in [2.05, 4.69) is 5.32 Å². The smallest absolute Gasteiger partial charge is 0.251 e. The Morgan fingerprint density at radius 2 is 1.91 bits per heavy atom. The Bertz CT molecular complexity index is 709. The third-order valence-corrected chi connectivity index (χ3v) is 6.06. The highest BCUT2D eigenvalue weighted by Gasteiger charge is 2.32. The monoisotopic (exact) mass is 336 g/mol. The molecular weight excluding hydrogens is 312 g/mol. The quantitative estimate of drug-likeness (QED) is 0.922. The van der Waals surface area contributed by atoms with Crippen LogP contribution in [0.2, 0.25) is 0 Å². The summed E-state index contributed by atoms with van der Waals surface area (Å²) in [5, 5.41) is 3.11. The van der Waals surface area contributed by atoms with Crippen LogP contribution >= 0.6 is 0 Å². The molecule has 1 aliphatic carbocycles. The van der Waals surface area contributed by atoms with E-state index in [1.165, 1.54) is 29.8 Å². The number of amides is 1. The highest BCUT2D eigenvalue weighted by Crippen LogP contribution is 2.34. The van der Waals surface area contributed by atoms with Crippen molar-refractivity contribution in [3.8, 4) is 0 Å². The minimum atomic E-state index is -3.29. The normalized spacial score (nSPS) is 22.0. The van der Waals surface area contributed by atoms with Gasteiger partial charge in [0.2, 0.25) is 10.0 Å². The predicted molar refractivity (Wildman–Crippen MR) is 91.3 cm³/mol. The van der Waals surface area contributed by atoms with Crippen LogP contribution in [0.3, 0.4) is 0 Å². The summed E-state index contributed by atoms with van der Waals surface area (Å²) in [6, 6.07) is 5.51. The SMILES string of the molecule is C[C@@H]1Cc2cc(C(=O)NC3CCCCC3)ccc2N1S(C)(=O)=O. The molecule has 1 aliphatic heterocycles. The van der Waals surface area contributed by atoms with E-state index in [4.69, 9.17) is 0 Å². The predicted octanol–water partition coefficient (Wildman–Crippen LogP) is 2.46. The molecule has 2 aliphatic rings. The average Bonchev–Trinajstić information content (AvgIpc) is 2.82. The highest BCUT2D eigenvalue weighted by molar-refractivity contribution is 7.92. The third kappa shape index (κ3) is 3.37. The van der Waals surface area contributed by atoms with Gasteiger partial charge in [-0.15, -0.1) is 0 Å². The van der Waals surface area contributed by atoms with Crippen molar-refractivity contribution in [2.75, 3.05) is 10.6 Å². The van der Waals surface area contributed by atoms with Gasteiger partial charge in [-0.2, -0.15) is 0 Å². The molecule has 1 heterocycles. The molecule has 0 radical (unpaired) electrons. The fourth-order valence-corrected chi connectivity index (χ4v) is 5.03. The molecule has 0 saturated heterocycles. The number of rotatable bonds is 3. The number of benzene rings is 1. The second-order valence-corrected chi connectivity index (χ2v) is 8.62. The van der Waals surface area contributed by atoms with Crippen LogP contribution < -0.4 is 9.62 Å². The van der Waals surface area contributed by atoms with Crippen molar-refractivity contribution in [1.82, 2.24) is 5.32 Å². The second-order valence-electron chi connectivity index (χ2n) is 6.76. The molecule has 1 atom stereocenters. The zero-order valence-corrected chi connectivity index (χ0v) is 14.5. The first kappa shape index (κ1) is 16.3. The van der Waals surface area contributed by atoms with Gasteiger partial charge in [0.05, 0.1) is 11.9 Å². The number of hydrogen-bond acceptors (Lipinski definition) is 3. The van der Waals surface area contributed by atoms with E-state index in [0.717, 1.165) is 18.4 Å². The lowest BCUT2D eigenvalue weighted by Crippen LogP contribution is -2.36. The van der Waals surface area contributed by atoms with Crippen molar-refractivity contribution < 1.29 is 13.2 Å². The van der Waals surface area contributed by atoms with Crippen LogP contribution in [0.1, 0.15) is 54.9 Å². The van der Waals surface area contributed by atoms with E-state index >= 15 is 0 Å². The molecule has 1 amide bonds. The van der Waals surface area contributed by atoms with Crippen molar-refractivity contribution in [1.29, 1.82) is 0 Å². The maximum atomic E-state index is 12.4. The first-order chi connectivity index (χ1) is 10.9. The molecule has 126 valence electrons. The largest absolute Gasteiger partial charge is 0.349 e. The van der Waals surface area contributed by atoms with Gasteiger partial charge < -0.3 is 5.32 Å². The van der Waals surface area contributed by atoms with Gasteiger partial charge in [0.25, 0.3) is 5.91 Å². The van der Waals surface area contributed by atoms with E-state index in [0.29, 0.717) is 17.7 Å². The zero-order valence-electron chi connectivity index (χ0n) is 13.7. The molecule has 1 saturated carbocycles. The Balaban J connectivity index is 1.79. The average molecular weight is 336 g/mol. The topological polar surface area (TPSA) is 66.5 Å². The molecular formula is C17H24N2O3S. The number of hydrogen-bond donors (Lipinski definition) is 1. The van der Waals surface area contributed by atoms with E-state index in [-0.39, 0.29) is 18.0 Å². The van der Waals surface area contributed by atoms with Crippen molar-refractivity contribution in [3.63, 3.8) is 0 Å². The Morgan fingerprint density at radius 1 is 1.22 bits per heavy atom. The number of fused-ring (bicyclic) bond motifs is 1. The van der Waals surface area contributed by atoms with Crippen LogP contribution in [0.25, 0.3) is 0 Å². The van der Waals surface area contributed by atoms with Gasteiger partial charge in [0, 0.05) is 17.6 Å². The molecule has 6 heteroatoms. The van der Waals surface area contributed by atoms with E-state index in [1.54, 1.807) is 12.1 Å². The highest BCUT2D eigenvalue weighted by atomic mass is 32.2. The van der Waals surface area contributed by atoms with Crippen molar-refractivity contribution in [3.05, 3.63) is 29.3 Å².